The summed E-state index contributed by atoms with van der Waals surface area (Å²) in [5, 5.41) is 11.7. The van der Waals surface area contributed by atoms with Gasteiger partial charge >= 0.3 is 0 Å². The minimum absolute atomic E-state index is 0.199. The Morgan fingerprint density at radius 3 is 2.13 bits per heavy atom. The minimum atomic E-state index is -0.636. The molecule has 0 radical (unpaired) electrons. The van der Waals surface area contributed by atoms with Gasteiger partial charge in [0.2, 0.25) is 0 Å². The molecule has 1 amide bonds. The van der Waals surface area contributed by atoms with Gasteiger partial charge < -0.3 is 14.8 Å². The molecular formula is C25H24N2O3. The number of ether oxygens (including phenoxy) is 2. The SMILES string of the molecule is CC(Oc1ccc(C#N)cc1)C(=O)NCc1ccc(COCc2ccccc2)cc1. The topological polar surface area (TPSA) is 71.3 Å². The number of carbonyl (C=O) groups is 1. The summed E-state index contributed by atoms with van der Waals surface area (Å²) < 4.78 is 11.4. The van der Waals surface area contributed by atoms with Gasteiger partial charge in [-0.05, 0) is 47.9 Å². The number of hydrogen-bond donors (Lipinski definition) is 1. The molecule has 1 atom stereocenters. The van der Waals surface area contributed by atoms with Gasteiger partial charge in [0, 0.05) is 6.54 Å². The lowest BCUT2D eigenvalue weighted by atomic mass is 10.1. The van der Waals surface area contributed by atoms with E-state index in [1.54, 1.807) is 31.2 Å². The molecule has 1 N–H and O–H groups in total. The van der Waals surface area contributed by atoms with Crippen LogP contribution in [-0.2, 0) is 29.3 Å². The van der Waals surface area contributed by atoms with Crippen molar-refractivity contribution in [3.05, 3.63) is 101 Å². The number of hydrogen-bond acceptors (Lipinski definition) is 4. The average molecular weight is 400 g/mol. The molecule has 0 aliphatic rings. The number of nitriles is 1. The van der Waals surface area contributed by atoms with Crippen molar-refractivity contribution in [2.24, 2.45) is 0 Å². The first-order chi connectivity index (χ1) is 14.6. The molecule has 0 spiro atoms. The van der Waals surface area contributed by atoms with Crippen LogP contribution in [0.5, 0.6) is 5.75 Å². The molecule has 0 saturated carbocycles. The van der Waals surface area contributed by atoms with Crippen LogP contribution in [0, 0.1) is 11.3 Å². The van der Waals surface area contributed by atoms with Crippen molar-refractivity contribution in [1.82, 2.24) is 5.32 Å². The van der Waals surface area contributed by atoms with Gasteiger partial charge in [-0.1, -0.05) is 54.6 Å². The summed E-state index contributed by atoms with van der Waals surface area (Å²) in [7, 11) is 0. The molecule has 30 heavy (non-hydrogen) atoms. The molecule has 5 heteroatoms. The summed E-state index contributed by atoms with van der Waals surface area (Å²) in [4.78, 5) is 12.3. The number of carbonyl (C=O) groups excluding carboxylic acids is 1. The number of nitrogens with one attached hydrogen (secondary N) is 1. The van der Waals surface area contributed by atoms with Crippen molar-refractivity contribution in [1.29, 1.82) is 5.26 Å². The van der Waals surface area contributed by atoms with Crippen LogP contribution in [0.4, 0.5) is 0 Å². The fraction of sp³-hybridized carbons (Fsp3) is 0.200. The van der Waals surface area contributed by atoms with Gasteiger partial charge in [-0.25, -0.2) is 0 Å². The molecule has 0 saturated heterocycles. The predicted octanol–water partition coefficient (Wildman–Crippen LogP) is 4.36. The maximum atomic E-state index is 12.3. The molecule has 3 aromatic carbocycles. The highest BCUT2D eigenvalue weighted by atomic mass is 16.5. The molecule has 3 aromatic rings. The summed E-state index contributed by atoms with van der Waals surface area (Å²) in [5.74, 6) is 0.353. The van der Waals surface area contributed by atoms with Crippen LogP contribution in [0.2, 0.25) is 0 Å². The highest BCUT2D eigenvalue weighted by Crippen LogP contribution is 2.14. The number of nitrogens with zero attached hydrogens (tertiary/aromatic N) is 1. The highest BCUT2D eigenvalue weighted by molar-refractivity contribution is 5.80. The predicted molar refractivity (Wildman–Crippen MR) is 114 cm³/mol. The van der Waals surface area contributed by atoms with E-state index in [4.69, 9.17) is 14.7 Å². The van der Waals surface area contributed by atoms with Crippen molar-refractivity contribution in [3.8, 4) is 11.8 Å². The molecule has 0 aromatic heterocycles. The summed E-state index contributed by atoms with van der Waals surface area (Å²) >= 11 is 0. The highest BCUT2D eigenvalue weighted by Gasteiger charge is 2.14. The average Bonchev–Trinajstić information content (AvgIpc) is 2.79. The van der Waals surface area contributed by atoms with Crippen molar-refractivity contribution < 1.29 is 14.3 Å². The lowest BCUT2D eigenvalue weighted by Gasteiger charge is -2.15. The second-order valence-corrected chi connectivity index (χ2v) is 6.91. The first-order valence-corrected chi connectivity index (χ1v) is 9.78. The first kappa shape index (κ1) is 21.1. The van der Waals surface area contributed by atoms with Gasteiger partial charge in [0.05, 0.1) is 24.8 Å². The number of rotatable bonds is 9. The third-order valence-electron chi connectivity index (χ3n) is 4.54. The van der Waals surface area contributed by atoms with E-state index in [1.165, 1.54) is 0 Å². The van der Waals surface area contributed by atoms with Gasteiger partial charge in [0.15, 0.2) is 6.10 Å². The van der Waals surface area contributed by atoms with E-state index in [9.17, 15) is 4.79 Å². The van der Waals surface area contributed by atoms with Crippen molar-refractivity contribution in [3.63, 3.8) is 0 Å². The molecular weight excluding hydrogens is 376 g/mol. The molecule has 3 rings (SSSR count). The van der Waals surface area contributed by atoms with E-state index >= 15 is 0 Å². The first-order valence-electron chi connectivity index (χ1n) is 9.78. The summed E-state index contributed by atoms with van der Waals surface area (Å²) in [6.07, 6.45) is -0.636. The van der Waals surface area contributed by atoms with Gasteiger partial charge in [-0.15, -0.1) is 0 Å². The molecule has 0 heterocycles. The van der Waals surface area contributed by atoms with Crippen LogP contribution < -0.4 is 10.1 Å². The third-order valence-corrected chi connectivity index (χ3v) is 4.54. The zero-order valence-electron chi connectivity index (χ0n) is 16.9. The maximum absolute atomic E-state index is 12.3. The Labute approximate surface area is 176 Å². The van der Waals surface area contributed by atoms with Crippen LogP contribution in [0.3, 0.4) is 0 Å². The Morgan fingerprint density at radius 1 is 0.900 bits per heavy atom. The molecule has 1 unspecified atom stereocenters. The van der Waals surface area contributed by atoms with Crippen LogP contribution in [0.25, 0.3) is 0 Å². The van der Waals surface area contributed by atoms with Crippen molar-refractivity contribution in [2.75, 3.05) is 0 Å². The Hall–Kier alpha value is -3.62. The van der Waals surface area contributed by atoms with Crippen molar-refractivity contribution >= 4 is 5.91 Å². The van der Waals surface area contributed by atoms with Crippen LogP contribution >= 0.6 is 0 Å². The lowest BCUT2D eigenvalue weighted by Crippen LogP contribution is -2.35. The summed E-state index contributed by atoms with van der Waals surface area (Å²) in [5.41, 5.74) is 3.78. The second-order valence-electron chi connectivity index (χ2n) is 6.91. The fourth-order valence-electron chi connectivity index (χ4n) is 2.81. The van der Waals surface area contributed by atoms with E-state index in [0.717, 1.165) is 16.7 Å². The minimum Gasteiger partial charge on any atom is -0.481 e. The van der Waals surface area contributed by atoms with Crippen LogP contribution in [0.1, 0.15) is 29.2 Å². The standard InChI is InChI=1S/C25H24N2O3/c1-19(30-24-13-11-20(15-26)12-14-24)25(28)27-16-21-7-9-23(10-8-21)18-29-17-22-5-3-2-4-6-22/h2-14,19H,16-18H2,1H3,(H,27,28). The van der Waals surface area contributed by atoms with Crippen LogP contribution in [0.15, 0.2) is 78.9 Å². The fourth-order valence-corrected chi connectivity index (χ4v) is 2.81. The Morgan fingerprint density at radius 2 is 1.50 bits per heavy atom. The Balaban J connectivity index is 1.41. The lowest BCUT2D eigenvalue weighted by molar-refractivity contribution is -0.127. The van der Waals surface area contributed by atoms with Gasteiger partial charge in [-0.3, -0.25) is 4.79 Å². The summed E-state index contributed by atoms with van der Waals surface area (Å²) in [6.45, 7) is 3.23. The number of amides is 1. The van der Waals surface area contributed by atoms with Gasteiger partial charge in [-0.2, -0.15) is 5.26 Å². The van der Waals surface area contributed by atoms with E-state index < -0.39 is 6.10 Å². The zero-order chi connectivity index (χ0) is 21.2. The largest absolute Gasteiger partial charge is 0.481 e. The maximum Gasteiger partial charge on any atom is 0.261 e. The third kappa shape index (κ3) is 6.47. The molecule has 0 aliphatic carbocycles. The monoisotopic (exact) mass is 400 g/mol. The van der Waals surface area contributed by atoms with E-state index in [-0.39, 0.29) is 5.91 Å². The van der Waals surface area contributed by atoms with Gasteiger partial charge in [0.1, 0.15) is 5.75 Å². The van der Waals surface area contributed by atoms with E-state index in [2.05, 4.69) is 5.32 Å². The van der Waals surface area contributed by atoms with Crippen molar-refractivity contribution in [2.45, 2.75) is 32.8 Å². The molecule has 5 nitrogen and oxygen atoms in total. The molecule has 0 aliphatic heterocycles. The zero-order valence-corrected chi connectivity index (χ0v) is 16.9. The molecule has 0 bridgehead atoms. The van der Waals surface area contributed by atoms with Gasteiger partial charge in [0.25, 0.3) is 5.91 Å². The van der Waals surface area contributed by atoms with Crippen LogP contribution in [-0.4, -0.2) is 12.0 Å². The Kier molecular flexibility index (Phi) is 7.59. The number of benzene rings is 3. The Bertz CT molecular complexity index is 978. The summed E-state index contributed by atoms with van der Waals surface area (Å²) in [6, 6.07) is 26.8. The quantitative estimate of drug-likeness (QED) is 0.579. The molecule has 0 fully saturated rings. The van der Waals surface area contributed by atoms with E-state index in [0.29, 0.717) is 31.1 Å². The second kappa shape index (κ2) is 10.8. The molecule has 152 valence electrons. The smallest absolute Gasteiger partial charge is 0.261 e. The normalized spacial score (nSPS) is 11.3. The van der Waals surface area contributed by atoms with E-state index in [1.807, 2.05) is 60.7 Å².